The van der Waals surface area contributed by atoms with Crippen LogP contribution in [0.2, 0.25) is 0 Å². The van der Waals surface area contributed by atoms with E-state index in [2.05, 4.69) is 316 Å². The second kappa shape index (κ2) is 26.3. The molecule has 464 valence electrons. The Morgan fingerprint density at radius 1 is 0.298 bits per heavy atom. The summed E-state index contributed by atoms with van der Waals surface area (Å²) in [6, 6.07) is 106. The zero-order valence-corrected chi connectivity index (χ0v) is 55.4. The minimum Gasteiger partial charge on any atom is -0.310 e. The van der Waals surface area contributed by atoms with E-state index in [4.69, 9.17) is 0 Å². The Labute approximate surface area is 558 Å². The first-order valence-electron chi connectivity index (χ1n) is 35.2. The number of rotatable bonds is 23. The quantitative estimate of drug-likeness (QED) is 0.0580. The van der Waals surface area contributed by atoms with Crippen molar-refractivity contribution in [3.63, 3.8) is 0 Å². The molecular formula is C92H86N2. The van der Waals surface area contributed by atoms with Gasteiger partial charge in [-0.15, -0.1) is 0 Å². The second-order valence-electron chi connectivity index (χ2n) is 27.1. The Morgan fingerprint density at radius 3 is 1.45 bits per heavy atom. The fourth-order valence-corrected chi connectivity index (χ4v) is 16.6. The van der Waals surface area contributed by atoms with E-state index < -0.39 is 5.41 Å². The summed E-state index contributed by atoms with van der Waals surface area (Å²) in [7, 11) is 0. The number of aromatic nitrogens is 1. The third kappa shape index (κ3) is 11.0. The van der Waals surface area contributed by atoms with E-state index in [0.29, 0.717) is 0 Å². The number of hydrogen-bond acceptors (Lipinski definition) is 1. The lowest BCUT2D eigenvalue weighted by Crippen LogP contribution is -2.28. The predicted molar refractivity (Wildman–Crippen MR) is 401 cm³/mol. The van der Waals surface area contributed by atoms with Gasteiger partial charge in [-0.1, -0.05) is 303 Å². The van der Waals surface area contributed by atoms with Crippen LogP contribution in [-0.4, -0.2) is 4.57 Å². The van der Waals surface area contributed by atoms with Crippen LogP contribution in [0.25, 0.3) is 83.1 Å². The second-order valence-corrected chi connectivity index (χ2v) is 27.1. The maximum absolute atomic E-state index is 2.63. The van der Waals surface area contributed by atoms with Gasteiger partial charge in [-0.05, 0) is 194 Å². The van der Waals surface area contributed by atoms with E-state index in [1.54, 1.807) is 11.1 Å². The molecular weight excluding hydrogens is 1130 g/mol. The number of fused-ring (bicyclic) bond motifs is 9. The maximum Gasteiger partial charge on any atom is 0.0714 e. The van der Waals surface area contributed by atoms with E-state index in [1.165, 1.54) is 206 Å². The van der Waals surface area contributed by atoms with E-state index >= 15 is 0 Å². The monoisotopic (exact) mass is 1220 g/mol. The molecule has 0 N–H and O–H groups in total. The van der Waals surface area contributed by atoms with Crippen molar-refractivity contribution in [3.05, 3.63) is 324 Å². The lowest BCUT2D eigenvalue weighted by Gasteiger charge is -2.35. The predicted octanol–water partition coefficient (Wildman–Crippen LogP) is 26.0. The van der Waals surface area contributed by atoms with Crippen LogP contribution < -0.4 is 4.90 Å². The number of aryl methyl sites for hydroxylation is 2. The Bertz CT molecular complexity index is 4760. The topological polar surface area (TPSA) is 8.17 Å². The Hall–Kier alpha value is -9.76. The molecule has 0 atom stereocenters. The van der Waals surface area contributed by atoms with E-state index in [1.807, 2.05) is 0 Å². The van der Waals surface area contributed by atoms with Crippen LogP contribution in [0.1, 0.15) is 148 Å². The maximum atomic E-state index is 2.63. The fourth-order valence-electron chi connectivity index (χ4n) is 16.6. The average Bonchev–Trinajstić information content (AvgIpc) is 1.53. The number of para-hydroxylation sites is 1. The molecule has 1 aromatic heterocycles. The largest absolute Gasteiger partial charge is 0.310 e. The van der Waals surface area contributed by atoms with Gasteiger partial charge in [0.15, 0.2) is 0 Å². The smallest absolute Gasteiger partial charge is 0.0714 e. The van der Waals surface area contributed by atoms with Crippen molar-refractivity contribution < 1.29 is 0 Å². The van der Waals surface area contributed by atoms with Crippen molar-refractivity contribution in [2.75, 3.05) is 4.90 Å². The minimum absolute atomic E-state index is 0.0172. The highest BCUT2D eigenvalue weighted by Crippen LogP contribution is 2.58. The molecule has 94 heavy (non-hydrogen) atoms. The van der Waals surface area contributed by atoms with Gasteiger partial charge in [-0.2, -0.15) is 0 Å². The number of anilines is 3. The number of nitrogens with zero attached hydrogens (tertiary/aromatic N) is 2. The lowest BCUT2D eigenvalue weighted by molar-refractivity contribution is 0.398. The zero-order chi connectivity index (χ0) is 63.6. The molecule has 0 aliphatic heterocycles. The van der Waals surface area contributed by atoms with Crippen molar-refractivity contribution in [3.8, 4) is 61.3 Å². The molecule has 15 rings (SSSR count). The van der Waals surface area contributed by atoms with Crippen LogP contribution in [-0.2, 0) is 10.8 Å². The van der Waals surface area contributed by atoms with Gasteiger partial charge in [-0.25, -0.2) is 0 Å². The molecule has 2 nitrogen and oxygen atoms in total. The third-order valence-corrected chi connectivity index (χ3v) is 21.1. The van der Waals surface area contributed by atoms with Crippen LogP contribution in [0, 0.1) is 13.8 Å². The number of hydrogen-bond donors (Lipinski definition) is 0. The van der Waals surface area contributed by atoms with Gasteiger partial charge in [0.2, 0.25) is 0 Å². The van der Waals surface area contributed by atoms with Crippen LogP contribution in [0.5, 0.6) is 0 Å². The van der Waals surface area contributed by atoms with Gasteiger partial charge in [0.05, 0.1) is 16.4 Å². The zero-order valence-electron chi connectivity index (χ0n) is 55.4. The normalized spacial score (nSPS) is 13.2. The van der Waals surface area contributed by atoms with E-state index in [0.717, 1.165) is 17.1 Å². The van der Waals surface area contributed by atoms with Crippen molar-refractivity contribution in [2.24, 2.45) is 0 Å². The van der Waals surface area contributed by atoms with Crippen molar-refractivity contribution in [1.29, 1.82) is 0 Å². The standard InChI is InChI=1S/C92H86N2/c1-5-7-9-11-13-28-56-91(57-29-14-12-10-8-6-2)86-60-65(3)40-52-80(86)81-53-45-71(63-87(81)91)72-58-66(4)59-78(61-72)94-89-39-27-25-37-83(89)84-62-70(46-55-90(84)94)69-43-49-76(50-44-69)93(75-47-41-68(42-48-75)67-30-18-15-19-31-67)77-51-54-82-79-36-24-26-38-85(79)92(88(82)64-77,73-32-20-16-21-33-73)74-34-22-17-23-35-74/h15-27,30-55,58-64H,5-14,28-29,56-57H2,1-4H3. The van der Waals surface area contributed by atoms with Crippen LogP contribution in [0.4, 0.5) is 17.1 Å². The molecule has 0 fully saturated rings. The molecule has 0 amide bonds. The van der Waals surface area contributed by atoms with Gasteiger partial charge in [0, 0.05) is 38.9 Å². The highest BCUT2D eigenvalue weighted by molar-refractivity contribution is 6.10. The van der Waals surface area contributed by atoms with Gasteiger partial charge >= 0.3 is 0 Å². The van der Waals surface area contributed by atoms with Gasteiger partial charge < -0.3 is 9.47 Å². The summed E-state index contributed by atoms with van der Waals surface area (Å²) >= 11 is 0. The Balaban J connectivity index is 0.796. The van der Waals surface area contributed by atoms with Gasteiger partial charge in [-0.3, -0.25) is 0 Å². The molecule has 0 spiro atoms. The summed E-state index contributed by atoms with van der Waals surface area (Å²) in [5.74, 6) is 0. The summed E-state index contributed by atoms with van der Waals surface area (Å²) < 4.78 is 2.52. The lowest BCUT2D eigenvalue weighted by atomic mass is 9.67. The van der Waals surface area contributed by atoms with Gasteiger partial charge in [0.25, 0.3) is 0 Å². The van der Waals surface area contributed by atoms with Crippen LogP contribution >= 0.6 is 0 Å². The van der Waals surface area contributed by atoms with Crippen LogP contribution in [0.15, 0.2) is 279 Å². The Kier molecular flexibility index (Phi) is 16.9. The third-order valence-electron chi connectivity index (χ3n) is 21.1. The van der Waals surface area contributed by atoms with Crippen molar-refractivity contribution in [2.45, 2.75) is 128 Å². The van der Waals surface area contributed by atoms with Crippen molar-refractivity contribution in [1.82, 2.24) is 4.57 Å². The molecule has 0 saturated heterocycles. The number of unbranched alkanes of at least 4 members (excludes halogenated alkanes) is 10. The Morgan fingerprint density at radius 2 is 0.777 bits per heavy atom. The first kappa shape index (κ1) is 60.5. The van der Waals surface area contributed by atoms with E-state index in [-0.39, 0.29) is 5.41 Å². The minimum atomic E-state index is -0.525. The molecule has 2 aliphatic carbocycles. The SMILES string of the molecule is CCCCCCCCC1(CCCCCCCC)c2cc(C)ccc2-c2ccc(-c3cc(C)cc(-n4c5ccccc5c5cc(-c6ccc(N(c7ccc(-c8ccccc8)cc7)c7ccc8c(c7)C(c7ccccc7)(c7ccccc7)c7ccccc7-8)cc6)ccc54)c3)cc21. The van der Waals surface area contributed by atoms with Crippen LogP contribution in [0.3, 0.4) is 0 Å². The number of benzene rings is 12. The molecule has 0 unspecified atom stereocenters. The first-order valence-corrected chi connectivity index (χ1v) is 35.2. The summed E-state index contributed by atoms with van der Waals surface area (Å²) in [5, 5.41) is 2.50. The highest BCUT2D eigenvalue weighted by Gasteiger charge is 2.47. The molecule has 2 heteroatoms. The van der Waals surface area contributed by atoms with E-state index in [9.17, 15) is 0 Å². The van der Waals surface area contributed by atoms with Crippen molar-refractivity contribution >= 4 is 38.9 Å². The molecule has 12 aromatic carbocycles. The summed E-state index contributed by atoms with van der Waals surface area (Å²) in [6.07, 6.45) is 18.2. The fraction of sp³-hybridized carbons (Fsp3) is 0.217. The average molecular weight is 1220 g/mol. The highest BCUT2D eigenvalue weighted by atomic mass is 15.1. The molecule has 0 bridgehead atoms. The molecule has 0 radical (unpaired) electrons. The molecule has 1 heterocycles. The summed E-state index contributed by atoms with van der Waals surface area (Å²) in [6.45, 7) is 9.24. The summed E-state index contributed by atoms with van der Waals surface area (Å²) in [4.78, 5) is 2.45. The van der Waals surface area contributed by atoms with Gasteiger partial charge in [0.1, 0.15) is 0 Å². The summed E-state index contributed by atoms with van der Waals surface area (Å²) in [5.41, 5.74) is 30.1. The molecule has 2 aliphatic rings. The first-order chi connectivity index (χ1) is 46.3. The molecule has 13 aromatic rings. The molecule has 0 saturated carbocycles.